The summed E-state index contributed by atoms with van der Waals surface area (Å²) in [6, 6.07) is 15.0. The van der Waals surface area contributed by atoms with Gasteiger partial charge in [-0.1, -0.05) is 42.5 Å². The van der Waals surface area contributed by atoms with Crippen molar-refractivity contribution in [1.29, 1.82) is 5.41 Å². The van der Waals surface area contributed by atoms with Crippen molar-refractivity contribution in [3.63, 3.8) is 0 Å². The quantitative estimate of drug-likeness (QED) is 0.194. The Hall–Kier alpha value is -4.93. The fourth-order valence-electron chi connectivity index (χ4n) is 4.34. The first kappa shape index (κ1) is 25.2. The van der Waals surface area contributed by atoms with Gasteiger partial charge in [-0.3, -0.25) is 10.2 Å². The Labute approximate surface area is 212 Å². The maximum absolute atomic E-state index is 13.2. The van der Waals surface area contributed by atoms with Crippen molar-refractivity contribution in [3.8, 4) is 0 Å². The lowest BCUT2D eigenvalue weighted by atomic mass is 10.0. The summed E-state index contributed by atoms with van der Waals surface area (Å²) in [6.45, 7) is 0. The standard InChI is InChI=1S/C26H25N6O5/c1-31-20(12-9-15-7-10-16(11-8-15)22(27)28)32(19-13-17(25(34)35)14-29-23(19)31)21(26(36)37)24(33)30-18-5-3-2-4-6-18/h2-8,10-11,13-14,20-21H,9,12H2,1H3,(H3,27,28)(H,34,35)(H,36,37). The molecular formula is C26H25N6O5. The number of aliphatic carboxylic acids is 1. The number of amides is 1. The lowest BCUT2D eigenvalue weighted by Crippen LogP contribution is -2.55. The van der Waals surface area contributed by atoms with Crippen LogP contribution >= 0.6 is 0 Å². The first-order valence-corrected chi connectivity index (χ1v) is 11.4. The molecule has 0 aliphatic carbocycles. The van der Waals surface area contributed by atoms with Gasteiger partial charge in [-0.15, -0.1) is 0 Å². The zero-order chi connectivity index (χ0) is 26.7. The molecule has 0 saturated heterocycles. The summed E-state index contributed by atoms with van der Waals surface area (Å²) >= 11 is 0. The highest BCUT2D eigenvalue weighted by Crippen LogP contribution is 2.40. The Morgan fingerprint density at radius 1 is 1.08 bits per heavy atom. The number of aromatic nitrogens is 1. The zero-order valence-electron chi connectivity index (χ0n) is 19.9. The number of carboxylic acid groups (broad SMARTS) is 2. The molecular weight excluding hydrogens is 476 g/mol. The molecule has 11 heteroatoms. The van der Waals surface area contributed by atoms with Gasteiger partial charge in [0.05, 0.1) is 16.9 Å². The predicted octanol–water partition coefficient (Wildman–Crippen LogP) is 2.19. The van der Waals surface area contributed by atoms with Gasteiger partial charge in [-0.25, -0.2) is 19.9 Å². The van der Waals surface area contributed by atoms with Crippen LogP contribution in [0.3, 0.4) is 0 Å². The van der Waals surface area contributed by atoms with Gasteiger partial charge in [0.25, 0.3) is 5.91 Å². The molecule has 1 amide bonds. The average Bonchev–Trinajstić information content (AvgIpc) is 3.14. The topological polar surface area (TPSA) is 175 Å². The van der Waals surface area contributed by atoms with Crippen LogP contribution in [0.1, 0.15) is 27.9 Å². The summed E-state index contributed by atoms with van der Waals surface area (Å²) in [5.74, 6) is -3.22. The van der Waals surface area contributed by atoms with E-state index in [2.05, 4.69) is 10.3 Å². The molecule has 1 radical (unpaired) electrons. The van der Waals surface area contributed by atoms with Crippen LogP contribution < -0.4 is 20.9 Å². The largest absolute Gasteiger partial charge is 0.479 e. The van der Waals surface area contributed by atoms with Crippen molar-refractivity contribution < 1.29 is 24.6 Å². The number of hydrogen-bond donors (Lipinski definition) is 4. The predicted molar refractivity (Wildman–Crippen MR) is 136 cm³/mol. The third-order valence-corrected chi connectivity index (χ3v) is 6.17. The molecule has 11 nitrogen and oxygen atoms in total. The average molecular weight is 502 g/mol. The Balaban J connectivity index is 1.69. The number of nitrogens with zero attached hydrogens (tertiary/aromatic N) is 4. The third-order valence-electron chi connectivity index (χ3n) is 6.17. The maximum atomic E-state index is 13.2. The van der Waals surface area contributed by atoms with Crippen LogP contribution in [-0.2, 0) is 16.0 Å². The Morgan fingerprint density at radius 2 is 1.76 bits per heavy atom. The van der Waals surface area contributed by atoms with Crippen LogP contribution in [0.25, 0.3) is 0 Å². The second-order valence-corrected chi connectivity index (χ2v) is 8.55. The molecule has 0 spiro atoms. The number of carboxylic acids is 2. The molecule has 4 rings (SSSR count). The van der Waals surface area contributed by atoms with Gasteiger partial charge in [0.2, 0.25) is 6.04 Å². The molecule has 1 aliphatic rings. The molecule has 1 aliphatic heterocycles. The first-order valence-electron chi connectivity index (χ1n) is 11.4. The molecule has 37 heavy (non-hydrogen) atoms. The number of nitrogens with two attached hydrogens (primary N) is 1. The number of benzene rings is 2. The summed E-state index contributed by atoms with van der Waals surface area (Å²) in [4.78, 5) is 44.7. The number of fused-ring (bicyclic) bond motifs is 1. The number of pyridine rings is 1. The number of carbonyl (C=O) groups excluding carboxylic acids is 1. The molecule has 0 saturated carbocycles. The lowest BCUT2D eigenvalue weighted by Gasteiger charge is -2.33. The second kappa shape index (κ2) is 10.4. The van der Waals surface area contributed by atoms with E-state index in [1.807, 2.05) is 12.1 Å². The van der Waals surface area contributed by atoms with Crippen molar-refractivity contribution >= 4 is 40.9 Å². The van der Waals surface area contributed by atoms with E-state index in [1.54, 1.807) is 54.4 Å². The van der Waals surface area contributed by atoms with Crippen molar-refractivity contribution in [2.45, 2.75) is 25.0 Å². The molecule has 2 heterocycles. The van der Waals surface area contributed by atoms with Crippen LogP contribution in [-0.4, -0.2) is 58.1 Å². The molecule has 2 aromatic carbocycles. The van der Waals surface area contributed by atoms with Gasteiger partial charge in [0, 0.05) is 18.8 Å². The normalized spacial score (nSPS) is 15.1. The minimum Gasteiger partial charge on any atom is -0.479 e. The molecule has 189 valence electrons. The molecule has 5 N–H and O–H groups in total. The molecule has 0 fully saturated rings. The van der Waals surface area contributed by atoms with Crippen LogP contribution in [0.5, 0.6) is 0 Å². The number of nitrogens with one attached hydrogen (secondary N) is 1. The minimum atomic E-state index is -1.71. The molecule has 2 atom stereocenters. The third kappa shape index (κ3) is 5.20. The second-order valence-electron chi connectivity index (χ2n) is 8.55. The fraction of sp³-hybridized carbons (Fsp3) is 0.192. The molecule has 1 aromatic heterocycles. The highest BCUT2D eigenvalue weighted by molar-refractivity contribution is 6.07. The van der Waals surface area contributed by atoms with E-state index in [4.69, 9.17) is 11.1 Å². The van der Waals surface area contributed by atoms with Gasteiger partial charge in [-0.05, 0) is 36.6 Å². The molecule has 2 unspecified atom stereocenters. The number of rotatable bonds is 9. The Bertz CT molecular complexity index is 1350. The van der Waals surface area contributed by atoms with E-state index < -0.39 is 30.1 Å². The summed E-state index contributed by atoms with van der Waals surface area (Å²) in [5.41, 5.74) is 7.43. The van der Waals surface area contributed by atoms with E-state index in [0.29, 0.717) is 29.9 Å². The lowest BCUT2D eigenvalue weighted by molar-refractivity contribution is -0.142. The Morgan fingerprint density at radius 3 is 2.35 bits per heavy atom. The van der Waals surface area contributed by atoms with Gasteiger partial charge in [0.1, 0.15) is 12.0 Å². The van der Waals surface area contributed by atoms with Crippen LogP contribution in [0.4, 0.5) is 17.2 Å². The molecule has 3 aromatic rings. The van der Waals surface area contributed by atoms with Crippen molar-refractivity contribution in [2.75, 3.05) is 16.8 Å². The fourth-order valence-corrected chi connectivity index (χ4v) is 4.34. The van der Waals surface area contributed by atoms with Crippen LogP contribution in [0.15, 0.2) is 66.9 Å². The number of aromatic carboxylic acids is 1. The van der Waals surface area contributed by atoms with Gasteiger partial charge < -0.3 is 25.7 Å². The van der Waals surface area contributed by atoms with E-state index in [9.17, 15) is 24.6 Å². The Kier molecular flexibility index (Phi) is 7.05. The van der Waals surface area contributed by atoms with Gasteiger partial charge >= 0.3 is 11.9 Å². The number of amidine groups is 1. The zero-order valence-corrected chi connectivity index (χ0v) is 19.9. The number of anilines is 2. The number of carbonyl (C=O) groups is 3. The number of aryl methyl sites for hydroxylation is 1. The van der Waals surface area contributed by atoms with Crippen LogP contribution in [0, 0.1) is 5.41 Å². The minimum absolute atomic E-state index is 0.0472. The van der Waals surface area contributed by atoms with E-state index in [0.717, 1.165) is 5.56 Å². The van der Waals surface area contributed by atoms with Crippen molar-refractivity contribution in [1.82, 2.24) is 10.3 Å². The SMILES string of the molecule is CN1c2ncc(C(=O)O)cc2N(C(C(=O)O)C(=O)[N]c2ccccc2)C1CCc1ccc(C(=N)N)cc1. The smallest absolute Gasteiger partial charge is 0.337 e. The number of para-hydroxylation sites is 1. The summed E-state index contributed by atoms with van der Waals surface area (Å²) in [6.07, 6.45) is 1.46. The monoisotopic (exact) mass is 501 g/mol. The van der Waals surface area contributed by atoms with Crippen LogP contribution in [0.2, 0.25) is 0 Å². The van der Waals surface area contributed by atoms with E-state index in [1.165, 1.54) is 17.2 Å². The summed E-state index contributed by atoms with van der Waals surface area (Å²) in [5, 5.41) is 31.2. The molecule has 0 bridgehead atoms. The highest BCUT2D eigenvalue weighted by atomic mass is 16.4. The first-order chi connectivity index (χ1) is 17.7. The van der Waals surface area contributed by atoms with Gasteiger partial charge in [0.15, 0.2) is 5.82 Å². The highest BCUT2D eigenvalue weighted by Gasteiger charge is 2.45. The van der Waals surface area contributed by atoms with Crippen molar-refractivity contribution in [2.24, 2.45) is 5.73 Å². The number of nitrogen functional groups attached to an aromatic ring is 1. The van der Waals surface area contributed by atoms with E-state index >= 15 is 0 Å². The summed E-state index contributed by atoms with van der Waals surface area (Å²) in [7, 11) is 1.72. The summed E-state index contributed by atoms with van der Waals surface area (Å²) < 4.78 is 0. The van der Waals surface area contributed by atoms with Crippen molar-refractivity contribution in [3.05, 3.63) is 83.6 Å². The number of hydrogen-bond acceptors (Lipinski definition) is 7. The van der Waals surface area contributed by atoms with Gasteiger partial charge in [-0.2, -0.15) is 0 Å². The van der Waals surface area contributed by atoms with E-state index in [-0.39, 0.29) is 17.1 Å². The maximum Gasteiger partial charge on any atom is 0.337 e.